The number of imide groups is 2. The summed E-state index contributed by atoms with van der Waals surface area (Å²) in [4.78, 5) is 72.3. The molecule has 3 unspecified atom stereocenters. The molecule has 0 saturated carbocycles. The van der Waals surface area contributed by atoms with Gasteiger partial charge in [-0.05, 0) is 82.3 Å². The smallest absolute Gasteiger partial charge is 0.369 e. The van der Waals surface area contributed by atoms with Crippen molar-refractivity contribution in [2.75, 3.05) is 41.3 Å². The van der Waals surface area contributed by atoms with Crippen LogP contribution in [0.2, 0.25) is 0 Å². The summed E-state index contributed by atoms with van der Waals surface area (Å²) in [5.41, 5.74) is -0.716. The van der Waals surface area contributed by atoms with Gasteiger partial charge >= 0.3 is 6.18 Å². The average molecular weight is 772 g/mol. The highest BCUT2D eigenvalue weighted by atomic mass is 19.4. The minimum absolute atomic E-state index is 0.0646. The molecule has 0 aliphatic carbocycles. The molecule has 2 N–H and O–H groups in total. The van der Waals surface area contributed by atoms with Crippen LogP contribution >= 0.6 is 0 Å². The topological polar surface area (TPSA) is 164 Å². The second-order valence-electron chi connectivity index (χ2n) is 15.7. The number of fused-ring (bicyclic) bond motifs is 3. The van der Waals surface area contributed by atoms with Crippen LogP contribution in [0.4, 0.5) is 30.2 Å². The molecule has 0 radical (unpaired) electrons. The standard InChI is InChI=1S/C39H40F3N9O5/c1-38(2,37(56)45-23-4-3-22(17-43)31(15-23)39(40,41)42)49-21-28(18-44-49)47-13-11-24(12-14-47)50-26-5-6-27(50)20-48(19-26)25-7-8-29-30(16-25)36(55)51(35(29)54)32-9-10-33(52)46-34(32)53/h3-4,7-8,15-16,18,21,24,26-27,32H,5-6,9-14,19-20H2,1-2H3,(H,45,56)(H,46,52,53). The first-order chi connectivity index (χ1) is 26.6. The Hall–Kier alpha value is -5.76. The van der Waals surface area contributed by atoms with Gasteiger partial charge in [-0.1, -0.05) is 0 Å². The van der Waals surface area contributed by atoms with Gasteiger partial charge in [0.1, 0.15) is 11.6 Å². The molecule has 4 saturated heterocycles. The van der Waals surface area contributed by atoms with E-state index in [1.807, 2.05) is 6.07 Å². The number of benzene rings is 2. The zero-order valence-electron chi connectivity index (χ0n) is 30.8. The number of piperazine rings is 1. The van der Waals surface area contributed by atoms with Gasteiger partial charge in [-0.25, -0.2) is 0 Å². The number of nitriles is 1. The minimum atomic E-state index is -4.75. The summed E-state index contributed by atoms with van der Waals surface area (Å²) >= 11 is 0. The zero-order chi connectivity index (χ0) is 39.7. The predicted octanol–water partition coefficient (Wildman–Crippen LogP) is 3.87. The fourth-order valence-corrected chi connectivity index (χ4v) is 8.94. The van der Waals surface area contributed by atoms with Crippen LogP contribution in [0.15, 0.2) is 48.8 Å². The van der Waals surface area contributed by atoms with Crippen molar-refractivity contribution in [1.82, 2.24) is 24.9 Å². The number of piperidine rings is 2. The molecule has 4 fully saturated rings. The van der Waals surface area contributed by atoms with Crippen LogP contribution in [-0.4, -0.2) is 99.5 Å². The molecule has 14 nitrogen and oxygen atoms in total. The number of halogens is 3. The van der Waals surface area contributed by atoms with E-state index in [1.54, 1.807) is 38.4 Å². The summed E-state index contributed by atoms with van der Waals surface area (Å²) in [5.74, 6) is -2.65. The predicted molar refractivity (Wildman–Crippen MR) is 196 cm³/mol. The summed E-state index contributed by atoms with van der Waals surface area (Å²) < 4.78 is 42.0. The van der Waals surface area contributed by atoms with Crippen molar-refractivity contribution >= 4 is 46.6 Å². The summed E-state index contributed by atoms with van der Waals surface area (Å²) in [6, 6.07) is 9.91. The minimum Gasteiger partial charge on any atom is -0.369 e. The number of anilines is 3. The lowest BCUT2D eigenvalue weighted by Gasteiger charge is -2.48. The molecule has 3 atom stereocenters. The highest BCUT2D eigenvalue weighted by molar-refractivity contribution is 6.23. The number of carbonyl (C=O) groups is 5. The maximum absolute atomic E-state index is 13.5. The van der Waals surface area contributed by atoms with Crippen LogP contribution in [0.5, 0.6) is 0 Å². The molecule has 2 bridgehead atoms. The highest BCUT2D eigenvalue weighted by Crippen LogP contribution is 2.39. The Kier molecular flexibility index (Phi) is 9.14. The van der Waals surface area contributed by atoms with Crippen LogP contribution in [0.3, 0.4) is 0 Å². The second-order valence-corrected chi connectivity index (χ2v) is 15.7. The molecule has 5 aliphatic heterocycles. The number of hydrogen-bond donors (Lipinski definition) is 2. The number of hydrogen-bond acceptors (Lipinski definition) is 10. The number of amides is 5. The Labute approximate surface area is 320 Å². The van der Waals surface area contributed by atoms with Gasteiger partial charge in [0, 0.05) is 68.3 Å². The molecule has 2 aromatic carbocycles. The molecule has 1 aromatic heterocycles. The van der Waals surface area contributed by atoms with Gasteiger partial charge < -0.3 is 15.1 Å². The molecule has 5 amide bonds. The van der Waals surface area contributed by atoms with E-state index in [1.165, 1.54) is 16.8 Å². The van der Waals surface area contributed by atoms with E-state index in [4.69, 9.17) is 5.26 Å². The summed E-state index contributed by atoms with van der Waals surface area (Å²) in [6.07, 6.45) is 2.85. The molecule has 8 rings (SSSR count). The van der Waals surface area contributed by atoms with Crippen molar-refractivity contribution in [1.29, 1.82) is 5.26 Å². The highest BCUT2D eigenvalue weighted by Gasteiger charge is 2.47. The Morgan fingerprint density at radius 1 is 0.875 bits per heavy atom. The normalized spacial score (nSPS) is 23.4. The number of aromatic nitrogens is 2. The van der Waals surface area contributed by atoms with E-state index in [-0.39, 0.29) is 29.7 Å². The molecular weight excluding hydrogens is 731 g/mol. The Balaban J connectivity index is 0.879. The second kappa shape index (κ2) is 13.8. The van der Waals surface area contributed by atoms with E-state index < -0.39 is 58.4 Å². The van der Waals surface area contributed by atoms with Gasteiger partial charge in [0.05, 0.1) is 40.2 Å². The van der Waals surface area contributed by atoms with E-state index in [2.05, 4.69) is 30.4 Å². The van der Waals surface area contributed by atoms with Crippen LogP contribution in [-0.2, 0) is 26.1 Å². The Morgan fingerprint density at radius 3 is 2.23 bits per heavy atom. The first-order valence-corrected chi connectivity index (χ1v) is 18.7. The molecule has 17 heteroatoms. The van der Waals surface area contributed by atoms with E-state index >= 15 is 0 Å². The monoisotopic (exact) mass is 771 g/mol. The van der Waals surface area contributed by atoms with Crippen LogP contribution in [0, 0.1) is 11.3 Å². The van der Waals surface area contributed by atoms with Crippen LogP contribution < -0.4 is 20.4 Å². The summed E-state index contributed by atoms with van der Waals surface area (Å²) in [5, 5.41) is 18.3. The van der Waals surface area contributed by atoms with Crippen molar-refractivity contribution in [3.8, 4) is 6.07 Å². The number of carbonyl (C=O) groups excluding carboxylic acids is 5. The van der Waals surface area contributed by atoms with Gasteiger partial charge in [-0.15, -0.1) is 0 Å². The third kappa shape index (κ3) is 6.45. The van der Waals surface area contributed by atoms with Crippen molar-refractivity contribution in [2.24, 2.45) is 0 Å². The Morgan fingerprint density at radius 2 is 1.57 bits per heavy atom. The molecule has 292 valence electrons. The fourth-order valence-electron chi connectivity index (χ4n) is 8.94. The number of rotatable bonds is 7. The maximum atomic E-state index is 13.5. The molecule has 6 heterocycles. The molecule has 5 aliphatic rings. The fraction of sp³-hybridized carbons (Fsp3) is 0.462. The summed E-state index contributed by atoms with van der Waals surface area (Å²) in [7, 11) is 0. The largest absolute Gasteiger partial charge is 0.417 e. The van der Waals surface area contributed by atoms with Crippen LogP contribution in [0.1, 0.15) is 84.2 Å². The SMILES string of the molecule is CC(C)(C(=O)Nc1ccc(C#N)c(C(F)(F)F)c1)n1cc(N2CCC(N3C4CCC3CN(c3ccc5c(c3)C(=O)N(C3CCC(=O)NC3=O)C5=O)C4)CC2)cn1. The van der Waals surface area contributed by atoms with Gasteiger partial charge in [0.25, 0.3) is 17.7 Å². The lowest BCUT2D eigenvalue weighted by atomic mass is 9.98. The molecule has 0 spiro atoms. The van der Waals surface area contributed by atoms with Gasteiger partial charge in [0.15, 0.2) is 0 Å². The van der Waals surface area contributed by atoms with Crippen molar-refractivity contribution in [3.63, 3.8) is 0 Å². The maximum Gasteiger partial charge on any atom is 0.417 e. The first kappa shape index (κ1) is 37.2. The molecular formula is C39H40F3N9O5. The average Bonchev–Trinajstić information content (AvgIpc) is 3.84. The third-order valence-electron chi connectivity index (χ3n) is 12.0. The van der Waals surface area contributed by atoms with E-state index in [0.29, 0.717) is 18.1 Å². The van der Waals surface area contributed by atoms with Gasteiger partial charge in [-0.3, -0.25) is 43.8 Å². The van der Waals surface area contributed by atoms with Crippen molar-refractivity contribution < 1.29 is 37.1 Å². The lowest BCUT2D eigenvalue weighted by molar-refractivity contribution is -0.138. The lowest BCUT2D eigenvalue weighted by Crippen LogP contribution is -2.59. The number of nitrogens with zero attached hydrogens (tertiary/aromatic N) is 7. The van der Waals surface area contributed by atoms with Gasteiger partial charge in [-0.2, -0.15) is 23.5 Å². The molecule has 56 heavy (non-hydrogen) atoms. The third-order valence-corrected chi connectivity index (χ3v) is 12.0. The molecule has 3 aromatic rings. The van der Waals surface area contributed by atoms with E-state index in [0.717, 1.165) is 80.3 Å². The zero-order valence-corrected chi connectivity index (χ0v) is 30.8. The first-order valence-electron chi connectivity index (χ1n) is 18.7. The van der Waals surface area contributed by atoms with Crippen molar-refractivity contribution in [3.05, 3.63) is 71.0 Å². The van der Waals surface area contributed by atoms with Crippen molar-refractivity contribution in [2.45, 2.75) is 88.3 Å². The summed E-state index contributed by atoms with van der Waals surface area (Å²) in [6.45, 7) is 6.37. The van der Waals surface area contributed by atoms with Gasteiger partial charge in [0.2, 0.25) is 11.8 Å². The van der Waals surface area contributed by atoms with Crippen LogP contribution in [0.25, 0.3) is 0 Å². The Bertz CT molecular complexity index is 2170. The quantitative estimate of drug-likeness (QED) is 0.337. The number of nitrogens with one attached hydrogen (secondary N) is 2. The number of alkyl halides is 3. The van der Waals surface area contributed by atoms with E-state index in [9.17, 15) is 37.1 Å².